The van der Waals surface area contributed by atoms with Gasteiger partial charge in [-0.2, -0.15) is 0 Å². The first-order valence-corrected chi connectivity index (χ1v) is 4.34. The number of carbonyl (C=O) groups is 2. The number of nitrogens with one attached hydrogen (secondary N) is 2. The lowest BCUT2D eigenvalue weighted by Crippen LogP contribution is -2.52. The minimum Gasteiger partial charge on any atom is -0.314 e. The van der Waals surface area contributed by atoms with Crippen molar-refractivity contribution in [2.75, 3.05) is 6.54 Å². The molecule has 3 atom stereocenters. The molecule has 0 aromatic rings. The molecule has 3 aliphatic heterocycles. The van der Waals surface area contributed by atoms with Gasteiger partial charge >= 0.3 is 12.1 Å². The third kappa shape index (κ3) is 0.644. The van der Waals surface area contributed by atoms with Crippen molar-refractivity contribution in [1.82, 2.24) is 20.4 Å². The molecule has 3 heterocycles. The van der Waals surface area contributed by atoms with Crippen molar-refractivity contribution >= 4 is 12.1 Å². The van der Waals surface area contributed by atoms with Gasteiger partial charge in [-0.05, 0) is 6.92 Å². The van der Waals surface area contributed by atoms with E-state index in [1.807, 2.05) is 6.92 Å². The van der Waals surface area contributed by atoms with Crippen LogP contribution >= 0.6 is 0 Å². The van der Waals surface area contributed by atoms with Crippen LogP contribution in [0.4, 0.5) is 9.59 Å². The molecule has 0 radical (unpaired) electrons. The molecular weight excluding hydrogens is 172 g/mol. The molecule has 0 aromatic carbocycles. The van der Waals surface area contributed by atoms with Crippen molar-refractivity contribution in [3.8, 4) is 0 Å². The molecule has 3 aliphatic rings. The molecule has 3 saturated heterocycles. The Balaban J connectivity index is 1.98. The molecule has 70 valence electrons. The molecule has 13 heavy (non-hydrogen) atoms. The fraction of sp³-hybridized carbons (Fsp3) is 0.714. The molecule has 0 aromatic heterocycles. The van der Waals surface area contributed by atoms with Crippen LogP contribution in [0.1, 0.15) is 6.92 Å². The minimum atomic E-state index is -0.188. The molecule has 3 rings (SSSR count). The molecule has 0 aliphatic carbocycles. The van der Waals surface area contributed by atoms with E-state index < -0.39 is 0 Å². The summed E-state index contributed by atoms with van der Waals surface area (Å²) in [5.74, 6) is 0. The van der Waals surface area contributed by atoms with Crippen molar-refractivity contribution in [3.63, 3.8) is 0 Å². The van der Waals surface area contributed by atoms with E-state index in [9.17, 15) is 9.59 Å². The van der Waals surface area contributed by atoms with Crippen LogP contribution in [0.15, 0.2) is 0 Å². The van der Waals surface area contributed by atoms with E-state index in [2.05, 4.69) is 10.6 Å². The second-order valence-electron chi connectivity index (χ2n) is 3.70. The topological polar surface area (TPSA) is 64.7 Å². The van der Waals surface area contributed by atoms with Gasteiger partial charge in [0.2, 0.25) is 0 Å². The first-order valence-electron chi connectivity index (χ1n) is 4.34. The SMILES string of the molecule is C[C@@H]1CN2C(=O)N1[C@H]1NC(=O)N[C@H]12. The predicted octanol–water partition coefficient (Wildman–Crippen LogP) is -0.909. The highest BCUT2D eigenvalue weighted by molar-refractivity contribution is 5.86. The lowest BCUT2D eigenvalue weighted by Gasteiger charge is -2.29. The number of carbonyl (C=O) groups excluding carboxylic acids is 2. The summed E-state index contributed by atoms with van der Waals surface area (Å²) < 4.78 is 0. The maximum absolute atomic E-state index is 11.6. The molecule has 2 bridgehead atoms. The second-order valence-corrected chi connectivity index (χ2v) is 3.70. The van der Waals surface area contributed by atoms with E-state index in [-0.39, 0.29) is 30.4 Å². The maximum Gasteiger partial charge on any atom is 0.323 e. The number of piperazine rings is 1. The first-order chi connectivity index (χ1) is 6.18. The number of fused-ring (bicyclic) bond motifs is 5. The largest absolute Gasteiger partial charge is 0.323 e. The third-order valence-corrected chi connectivity index (χ3v) is 2.89. The fourth-order valence-corrected chi connectivity index (χ4v) is 2.35. The highest BCUT2D eigenvalue weighted by Gasteiger charge is 2.57. The number of rotatable bonds is 0. The minimum absolute atomic E-state index is 0.0231. The standard InChI is InChI=1S/C7H10N4O2/c1-3-2-10-4-5(9-6(12)8-4)11(3)7(10)13/h3-5H,2H2,1H3,(H2,8,9,12)/t3-,4+,5-/m1/s1. The monoisotopic (exact) mass is 182 g/mol. The van der Waals surface area contributed by atoms with Crippen molar-refractivity contribution < 1.29 is 9.59 Å². The first kappa shape index (κ1) is 6.99. The number of hydrogen-bond donors (Lipinski definition) is 2. The van der Waals surface area contributed by atoms with Gasteiger partial charge in [0.05, 0.1) is 6.04 Å². The van der Waals surface area contributed by atoms with Crippen LogP contribution in [-0.2, 0) is 0 Å². The highest BCUT2D eigenvalue weighted by Crippen LogP contribution is 2.31. The zero-order valence-electron chi connectivity index (χ0n) is 7.15. The van der Waals surface area contributed by atoms with E-state index in [1.54, 1.807) is 9.80 Å². The average molecular weight is 182 g/mol. The zero-order valence-corrected chi connectivity index (χ0v) is 7.15. The third-order valence-electron chi connectivity index (χ3n) is 2.89. The molecule has 4 amide bonds. The van der Waals surface area contributed by atoms with Crippen molar-refractivity contribution in [3.05, 3.63) is 0 Å². The van der Waals surface area contributed by atoms with Crippen LogP contribution < -0.4 is 10.6 Å². The molecule has 0 saturated carbocycles. The summed E-state index contributed by atoms with van der Waals surface area (Å²) in [5, 5.41) is 5.43. The summed E-state index contributed by atoms with van der Waals surface area (Å²) >= 11 is 0. The van der Waals surface area contributed by atoms with E-state index in [4.69, 9.17) is 0 Å². The molecular formula is C7H10N4O2. The van der Waals surface area contributed by atoms with Crippen molar-refractivity contribution in [2.24, 2.45) is 0 Å². The molecule has 6 nitrogen and oxygen atoms in total. The van der Waals surface area contributed by atoms with E-state index >= 15 is 0 Å². The Kier molecular flexibility index (Phi) is 1.02. The van der Waals surface area contributed by atoms with Gasteiger partial charge in [0.15, 0.2) is 0 Å². The van der Waals surface area contributed by atoms with Crippen LogP contribution in [0, 0.1) is 0 Å². The lowest BCUT2D eigenvalue weighted by molar-refractivity contribution is 0.161. The Bertz CT molecular complexity index is 305. The Morgan fingerprint density at radius 2 is 2.00 bits per heavy atom. The Morgan fingerprint density at radius 1 is 1.31 bits per heavy atom. The molecule has 3 fully saturated rings. The highest BCUT2D eigenvalue weighted by atomic mass is 16.2. The lowest BCUT2D eigenvalue weighted by atomic mass is 10.2. The Morgan fingerprint density at radius 3 is 2.77 bits per heavy atom. The summed E-state index contributed by atoms with van der Waals surface area (Å²) in [4.78, 5) is 26.0. The van der Waals surface area contributed by atoms with Gasteiger partial charge in [-0.3, -0.25) is 9.80 Å². The molecule has 2 N–H and O–H groups in total. The smallest absolute Gasteiger partial charge is 0.314 e. The summed E-state index contributed by atoms with van der Waals surface area (Å²) in [6, 6.07) is 0.0375. The summed E-state index contributed by atoms with van der Waals surface area (Å²) in [7, 11) is 0. The van der Waals surface area contributed by atoms with Crippen LogP contribution in [0.3, 0.4) is 0 Å². The van der Waals surface area contributed by atoms with Gasteiger partial charge in [-0.1, -0.05) is 0 Å². The average Bonchev–Trinajstić information content (AvgIpc) is 2.60. The molecule has 0 unspecified atom stereocenters. The zero-order chi connectivity index (χ0) is 9.16. The quantitative estimate of drug-likeness (QED) is 0.509. The van der Waals surface area contributed by atoms with Gasteiger partial charge < -0.3 is 10.6 Å². The van der Waals surface area contributed by atoms with Crippen LogP contribution in [-0.4, -0.2) is 46.8 Å². The molecule has 0 spiro atoms. The van der Waals surface area contributed by atoms with E-state index in [0.717, 1.165) is 0 Å². The van der Waals surface area contributed by atoms with Crippen LogP contribution in [0.5, 0.6) is 0 Å². The second kappa shape index (κ2) is 1.89. The van der Waals surface area contributed by atoms with Crippen LogP contribution in [0.25, 0.3) is 0 Å². The predicted molar refractivity (Wildman–Crippen MR) is 42.6 cm³/mol. The normalized spacial score (nSPS) is 40.8. The number of hydrogen-bond acceptors (Lipinski definition) is 2. The molecule has 6 heteroatoms. The number of amides is 4. The van der Waals surface area contributed by atoms with Gasteiger partial charge in [0, 0.05) is 6.54 Å². The van der Waals surface area contributed by atoms with Crippen molar-refractivity contribution in [2.45, 2.75) is 25.3 Å². The summed E-state index contributed by atoms with van der Waals surface area (Å²) in [5.41, 5.74) is 0. The van der Waals surface area contributed by atoms with Crippen molar-refractivity contribution in [1.29, 1.82) is 0 Å². The Hall–Kier alpha value is -1.46. The van der Waals surface area contributed by atoms with E-state index in [1.165, 1.54) is 0 Å². The summed E-state index contributed by atoms with van der Waals surface area (Å²) in [6.45, 7) is 2.69. The fourth-order valence-electron chi connectivity index (χ4n) is 2.35. The maximum atomic E-state index is 11.6. The summed E-state index contributed by atoms with van der Waals surface area (Å²) in [6.07, 6.45) is -0.319. The van der Waals surface area contributed by atoms with Gasteiger partial charge in [-0.15, -0.1) is 0 Å². The number of urea groups is 2. The van der Waals surface area contributed by atoms with Gasteiger partial charge in [0.25, 0.3) is 0 Å². The Labute approximate surface area is 74.9 Å². The van der Waals surface area contributed by atoms with Gasteiger partial charge in [-0.25, -0.2) is 9.59 Å². The van der Waals surface area contributed by atoms with E-state index in [0.29, 0.717) is 6.54 Å². The van der Waals surface area contributed by atoms with Gasteiger partial charge in [0.1, 0.15) is 12.3 Å². The number of nitrogens with zero attached hydrogens (tertiary/aromatic N) is 2. The van der Waals surface area contributed by atoms with Crippen LogP contribution in [0.2, 0.25) is 0 Å².